The van der Waals surface area contributed by atoms with Crippen LogP contribution in [0.5, 0.6) is 0 Å². The van der Waals surface area contributed by atoms with Crippen molar-refractivity contribution in [3.8, 4) is 0 Å². The Kier molecular flexibility index (Phi) is 6.61. The van der Waals surface area contributed by atoms with Crippen LogP contribution in [0.1, 0.15) is 49.7 Å². The van der Waals surface area contributed by atoms with Crippen LogP contribution < -0.4 is 5.32 Å². The van der Waals surface area contributed by atoms with Gasteiger partial charge >= 0.3 is 0 Å². The topological polar surface area (TPSA) is 35.6 Å². The van der Waals surface area contributed by atoms with Gasteiger partial charge in [-0.2, -0.15) is 0 Å². The second kappa shape index (κ2) is 9.76. The first kappa shape index (κ1) is 21.7. The van der Waals surface area contributed by atoms with Crippen LogP contribution in [0, 0.1) is 5.92 Å². The number of nitrogens with one attached hydrogen (secondary N) is 1. The van der Waals surface area contributed by atoms with Gasteiger partial charge in [0.1, 0.15) is 0 Å². The highest BCUT2D eigenvalue weighted by molar-refractivity contribution is 5.79. The van der Waals surface area contributed by atoms with E-state index in [2.05, 4.69) is 75.8 Å². The Morgan fingerprint density at radius 1 is 0.906 bits per heavy atom. The van der Waals surface area contributed by atoms with E-state index in [1.54, 1.807) is 0 Å². The maximum absolute atomic E-state index is 13.0. The summed E-state index contributed by atoms with van der Waals surface area (Å²) in [5.41, 5.74) is 2.92. The molecule has 1 amide bonds. The van der Waals surface area contributed by atoms with E-state index in [0.717, 1.165) is 64.8 Å². The molecule has 3 saturated heterocycles. The SMILES string of the molecule is O=C(C1CCN([C@@]2(c3ccccc3)CCN[C@H](Cc3ccccc3)C2)CC1)N1CCCC1. The van der Waals surface area contributed by atoms with E-state index in [-0.39, 0.29) is 11.5 Å². The van der Waals surface area contributed by atoms with E-state index in [1.807, 2.05) is 0 Å². The van der Waals surface area contributed by atoms with Crippen molar-refractivity contribution in [2.45, 2.75) is 56.5 Å². The summed E-state index contributed by atoms with van der Waals surface area (Å²) in [4.78, 5) is 17.8. The van der Waals surface area contributed by atoms with Crippen molar-refractivity contribution < 1.29 is 4.79 Å². The Morgan fingerprint density at radius 3 is 2.25 bits per heavy atom. The lowest BCUT2D eigenvalue weighted by molar-refractivity contribution is -0.136. The van der Waals surface area contributed by atoms with E-state index >= 15 is 0 Å². The number of nitrogens with zero attached hydrogens (tertiary/aromatic N) is 2. The van der Waals surface area contributed by atoms with E-state index in [0.29, 0.717) is 11.9 Å². The number of likely N-dealkylation sites (tertiary alicyclic amines) is 2. The van der Waals surface area contributed by atoms with Gasteiger partial charge in [0.05, 0.1) is 0 Å². The van der Waals surface area contributed by atoms with Crippen LogP contribution in [0.2, 0.25) is 0 Å². The van der Waals surface area contributed by atoms with Gasteiger partial charge in [-0.25, -0.2) is 0 Å². The zero-order chi connectivity index (χ0) is 21.8. The number of hydrogen-bond acceptors (Lipinski definition) is 3. The highest BCUT2D eigenvalue weighted by Gasteiger charge is 2.44. The molecular weight excluding hydrogens is 394 g/mol. The fourth-order valence-electron chi connectivity index (χ4n) is 6.34. The summed E-state index contributed by atoms with van der Waals surface area (Å²) in [7, 11) is 0. The summed E-state index contributed by atoms with van der Waals surface area (Å²) in [5.74, 6) is 0.641. The summed E-state index contributed by atoms with van der Waals surface area (Å²) in [6.07, 6.45) is 7.68. The molecule has 2 aromatic carbocycles. The lowest BCUT2D eigenvalue weighted by Gasteiger charge is -2.51. The van der Waals surface area contributed by atoms with Crippen LogP contribution in [-0.2, 0) is 16.8 Å². The third kappa shape index (κ3) is 4.49. The van der Waals surface area contributed by atoms with Crippen LogP contribution in [0.3, 0.4) is 0 Å². The summed E-state index contributed by atoms with van der Waals surface area (Å²) < 4.78 is 0. The Balaban J connectivity index is 1.33. The monoisotopic (exact) mass is 431 g/mol. The van der Waals surface area contributed by atoms with Crippen LogP contribution in [0.4, 0.5) is 0 Å². The van der Waals surface area contributed by atoms with Gasteiger partial charge in [-0.3, -0.25) is 9.69 Å². The van der Waals surface area contributed by atoms with Crippen molar-refractivity contribution in [1.82, 2.24) is 15.1 Å². The van der Waals surface area contributed by atoms with Crippen molar-refractivity contribution >= 4 is 5.91 Å². The lowest BCUT2D eigenvalue weighted by Crippen LogP contribution is -2.58. The van der Waals surface area contributed by atoms with E-state index in [4.69, 9.17) is 0 Å². The van der Waals surface area contributed by atoms with Crippen molar-refractivity contribution in [3.63, 3.8) is 0 Å². The molecule has 2 atom stereocenters. The molecule has 4 heteroatoms. The Morgan fingerprint density at radius 2 is 1.56 bits per heavy atom. The second-order valence-electron chi connectivity index (χ2n) is 9.99. The van der Waals surface area contributed by atoms with Crippen LogP contribution in [-0.4, -0.2) is 54.5 Å². The minimum absolute atomic E-state index is 0.0631. The largest absolute Gasteiger partial charge is 0.342 e. The van der Waals surface area contributed by atoms with Crippen LogP contribution in [0.15, 0.2) is 60.7 Å². The molecule has 4 nitrogen and oxygen atoms in total. The van der Waals surface area contributed by atoms with Gasteiger partial charge in [-0.15, -0.1) is 0 Å². The first-order chi connectivity index (χ1) is 15.7. The first-order valence-corrected chi connectivity index (χ1v) is 12.6. The molecule has 0 aromatic heterocycles. The van der Waals surface area contributed by atoms with Gasteiger partial charge in [0.15, 0.2) is 0 Å². The minimum atomic E-state index is 0.0631. The molecule has 0 bridgehead atoms. The number of hydrogen-bond donors (Lipinski definition) is 1. The molecule has 2 aromatic rings. The third-order valence-corrected chi connectivity index (χ3v) is 8.06. The van der Waals surface area contributed by atoms with Gasteiger partial charge in [-0.05, 0) is 75.7 Å². The predicted octanol–water partition coefficient (Wildman–Crippen LogP) is 4.21. The van der Waals surface area contributed by atoms with Crippen molar-refractivity contribution in [2.24, 2.45) is 5.92 Å². The molecule has 0 spiro atoms. The molecule has 3 aliphatic rings. The van der Waals surface area contributed by atoms with Crippen molar-refractivity contribution in [1.29, 1.82) is 0 Å². The average Bonchev–Trinajstić information content (AvgIpc) is 3.40. The van der Waals surface area contributed by atoms with Crippen molar-refractivity contribution in [2.75, 3.05) is 32.7 Å². The van der Waals surface area contributed by atoms with Crippen LogP contribution in [0.25, 0.3) is 0 Å². The predicted molar refractivity (Wildman–Crippen MR) is 129 cm³/mol. The molecule has 0 unspecified atom stereocenters. The number of amides is 1. The fourth-order valence-corrected chi connectivity index (χ4v) is 6.34. The first-order valence-electron chi connectivity index (χ1n) is 12.6. The molecule has 3 heterocycles. The summed E-state index contributed by atoms with van der Waals surface area (Å²) >= 11 is 0. The average molecular weight is 432 g/mol. The molecule has 32 heavy (non-hydrogen) atoms. The smallest absolute Gasteiger partial charge is 0.225 e. The maximum Gasteiger partial charge on any atom is 0.225 e. The molecule has 170 valence electrons. The zero-order valence-corrected chi connectivity index (χ0v) is 19.2. The fraction of sp³-hybridized carbons (Fsp3) is 0.536. The number of carbonyl (C=O) groups excluding carboxylic acids is 1. The summed E-state index contributed by atoms with van der Waals surface area (Å²) in [5, 5.41) is 3.81. The summed E-state index contributed by atoms with van der Waals surface area (Å²) in [6, 6.07) is 22.5. The number of rotatable bonds is 5. The van der Waals surface area contributed by atoms with Gasteiger partial charge in [0.2, 0.25) is 5.91 Å². The maximum atomic E-state index is 13.0. The molecular formula is C28H37N3O. The lowest BCUT2D eigenvalue weighted by atomic mass is 9.74. The quantitative estimate of drug-likeness (QED) is 0.770. The summed E-state index contributed by atoms with van der Waals surface area (Å²) in [6.45, 7) is 5.03. The molecule has 0 radical (unpaired) electrons. The molecule has 3 fully saturated rings. The van der Waals surface area contributed by atoms with Crippen molar-refractivity contribution in [3.05, 3.63) is 71.8 Å². The number of benzene rings is 2. The normalized spacial score (nSPS) is 27.5. The number of carbonyl (C=O) groups is 1. The standard InChI is InChI=1S/C28H37N3O/c32-27(30-17-7-8-18-30)24-13-19-31(20-14-24)28(25-11-5-2-6-12-25)15-16-29-26(22-28)21-23-9-3-1-4-10-23/h1-6,9-12,24,26,29H,7-8,13-22H2/t26-,28+/m1/s1. The molecule has 0 saturated carbocycles. The molecule has 3 aliphatic heterocycles. The highest BCUT2D eigenvalue weighted by Crippen LogP contribution is 2.41. The van der Waals surface area contributed by atoms with Gasteiger partial charge in [-0.1, -0.05) is 60.7 Å². The van der Waals surface area contributed by atoms with Gasteiger partial charge < -0.3 is 10.2 Å². The Labute approximate surface area is 193 Å². The van der Waals surface area contributed by atoms with Gasteiger partial charge in [0.25, 0.3) is 0 Å². The van der Waals surface area contributed by atoms with E-state index in [1.165, 1.54) is 24.0 Å². The highest BCUT2D eigenvalue weighted by atomic mass is 16.2. The molecule has 0 aliphatic carbocycles. The molecule has 1 N–H and O–H groups in total. The Hall–Kier alpha value is -2.17. The Bertz CT molecular complexity index is 872. The second-order valence-corrected chi connectivity index (χ2v) is 9.99. The van der Waals surface area contributed by atoms with E-state index < -0.39 is 0 Å². The van der Waals surface area contributed by atoms with Gasteiger partial charge in [0, 0.05) is 30.6 Å². The number of piperidine rings is 2. The van der Waals surface area contributed by atoms with Crippen LogP contribution >= 0.6 is 0 Å². The minimum Gasteiger partial charge on any atom is -0.342 e. The van der Waals surface area contributed by atoms with E-state index in [9.17, 15) is 4.79 Å². The zero-order valence-electron chi connectivity index (χ0n) is 19.2. The third-order valence-electron chi connectivity index (χ3n) is 8.06. The molecule has 5 rings (SSSR count).